The van der Waals surface area contributed by atoms with E-state index >= 15 is 0 Å². The van der Waals surface area contributed by atoms with Crippen LogP contribution in [0.15, 0.2) is 21.6 Å². The van der Waals surface area contributed by atoms with Crippen LogP contribution in [0.25, 0.3) is 0 Å². The molecule has 1 fully saturated rings. The van der Waals surface area contributed by atoms with Crippen molar-refractivity contribution in [2.45, 2.75) is 17.7 Å². The van der Waals surface area contributed by atoms with Gasteiger partial charge in [0.2, 0.25) is 5.09 Å². The fourth-order valence-electron chi connectivity index (χ4n) is 2.37. The molecule has 0 saturated carbocycles. The first-order valence-corrected chi connectivity index (χ1v) is 8.52. The SMILES string of the molecule is CNCc1ccc(S(=O)(=O)NCC2CN(C)CCN2C)o1. The molecule has 0 aliphatic carbocycles. The largest absolute Gasteiger partial charge is 0.447 e. The van der Waals surface area contributed by atoms with Gasteiger partial charge in [0, 0.05) is 32.2 Å². The third kappa shape index (κ3) is 4.27. The maximum Gasteiger partial charge on any atom is 0.274 e. The predicted octanol–water partition coefficient (Wildman–Crippen LogP) is -0.477. The first-order chi connectivity index (χ1) is 9.92. The van der Waals surface area contributed by atoms with Gasteiger partial charge in [0.05, 0.1) is 6.54 Å². The summed E-state index contributed by atoms with van der Waals surface area (Å²) in [4.78, 5) is 4.38. The fraction of sp³-hybridized carbons (Fsp3) is 0.692. The highest BCUT2D eigenvalue weighted by atomic mass is 32.2. The lowest BCUT2D eigenvalue weighted by Crippen LogP contribution is -2.54. The van der Waals surface area contributed by atoms with Gasteiger partial charge in [-0.1, -0.05) is 0 Å². The summed E-state index contributed by atoms with van der Waals surface area (Å²) in [6.07, 6.45) is 0. The highest BCUT2D eigenvalue weighted by Crippen LogP contribution is 2.14. The van der Waals surface area contributed by atoms with E-state index in [1.54, 1.807) is 13.1 Å². The molecule has 0 bridgehead atoms. The molecular weight excluding hydrogens is 292 g/mol. The van der Waals surface area contributed by atoms with Crippen LogP contribution >= 0.6 is 0 Å². The van der Waals surface area contributed by atoms with Crippen molar-refractivity contribution in [2.24, 2.45) is 0 Å². The van der Waals surface area contributed by atoms with E-state index in [2.05, 4.69) is 19.8 Å². The zero-order chi connectivity index (χ0) is 15.5. The van der Waals surface area contributed by atoms with Crippen molar-refractivity contribution in [2.75, 3.05) is 47.3 Å². The zero-order valence-electron chi connectivity index (χ0n) is 12.8. The second-order valence-corrected chi connectivity index (χ2v) is 7.20. The minimum atomic E-state index is -3.59. The molecule has 8 heteroatoms. The van der Waals surface area contributed by atoms with Crippen molar-refractivity contribution < 1.29 is 12.8 Å². The van der Waals surface area contributed by atoms with E-state index in [1.807, 2.05) is 14.1 Å². The maximum absolute atomic E-state index is 12.2. The third-order valence-corrected chi connectivity index (χ3v) is 5.04. The van der Waals surface area contributed by atoms with Crippen LogP contribution in [0, 0.1) is 0 Å². The molecule has 2 N–H and O–H groups in total. The van der Waals surface area contributed by atoms with Gasteiger partial charge in [-0.3, -0.25) is 4.90 Å². The van der Waals surface area contributed by atoms with E-state index in [0.717, 1.165) is 19.6 Å². The first-order valence-electron chi connectivity index (χ1n) is 7.04. The highest BCUT2D eigenvalue weighted by molar-refractivity contribution is 7.89. The lowest BCUT2D eigenvalue weighted by Gasteiger charge is -2.37. The highest BCUT2D eigenvalue weighted by Gasteiger charge is 2.25. The van der Waals surface area contributed by atoms with Crippen LogP contribution in [-0.4, -0.2) is 71.6 Å². The summed E-state index contributed by atoms with van der Waals surface area (Å²) in [6, 6.07) is 3.34. The second-order valence-electron chi connectivity index (χ2n) is 5.50. The average molecular weight is 316 g/mol. The van der Waals surface area contributed by atoms with Gasteiger partial charge in [0.15, 0.2) is 0 Å². The molecule has 21 heavy (non-hydrogen) atoms. The molecule has 0 spiro atoms. The van der Waals surface area contributed by atoms with E-state index in [-0.39, 0.29) is 11.1 Å². The fourth-order valence-corrected chi connectivity index (χ4v) is 3.39. The van der Waals surface area contributed by atoms with Gasteiger partial charge >= 0.3 is 0 Å². The Kier molecular flexibility index (Phi) is 5.39. The van der Waals surface area contributed by atoms with E-state index in [9.17, 15) is 8.42 Å². The molecule has 120 valence electrons. The molecule has 1 atom stereocenters. The molecule has 1 aliphatic heterocycles. The Hall–Kier alpha value is -0.930. The van der Waals surface area contributed by atoms with Gasteiger partial charge in [0.25, 0.3) is 10.0 Å². The molecule has 0 aromatic carbocycles. The number of nitrogens with one attached hydrogen (secondary N) is 2. The van der Waals surface area contributed by atoms with Gasteiger partial charge < -0.3 is 14.6 Å². The van der Waals surface area contributed by atoms with Crippen LogP contribution in [-0.2, 0) is 16.6 Å². The lowest BCUT2D eigenvalue weighted by molar-refractivity contribution is 0.117. The minimum Gasteiger partial charge on any atom is -0.447 e. The number of piperazine rings is 1. The molecule has 1 saturated heterocycles. The van der Waals surface area contributed by atoms with Crippen molar-refractivity contribution in [1.29, 1.82) is 0 Å². The number of rotatable bonds is 6. The monoisotopic (exact) mass is 316 g/mol. The van der Waals surface area contributed by atoms with Crippen LogP contribution in [0.4, 0.5) is 0 Å². The number of sulfonamides is 1. The molecule has 7 nitrogen and oxygen atoms in total. The Bertz CT molecular complexity index is 558. The van der Waals surface area contributed by atoms with E-state index in [0.29, 0.717) is 18.8 Å². The topological polar surface area (TPSA) is 77.8 Å². The van der Waals surface area contributed by atoms with Crippen molar-refractivity contribution in [3.63, 3.8) is 0 Å². The molecule has 1 aliphatic rings. The molecule has 2 heterocycles. The molecule has 2 rings (SSSR count). The van der Waals surface area contributed by atoms with Crippen molar-refractivity contribution in [3.8, 4) is 0 Å². The zero-order valence-corrected chi connectivity index (χ0v) is 13.6. The van der Waals surface area contributed by atoms with Crippen molar-refractivity contribution in [1.82, 2.24) is 19.8 Å². The van der Waals surface area contributed by atoms with Gasteiger partial charge in [-0.25, -0.2) is 13.1 Å². The standard InChI is InChI=1S/C13H24N4O3S/c1-14-9-12-4-5-13(20-12)21(18,19)15-8-11-10-16(2)6-7-17(11)3/h4-5,11,14-15H,6-10H2,1-3H3. The Morgan fingerprint density at radius 2 is 2.10 bits per heavy atom. The maximum atomic E-state index is 12.2. The molecular formula is C13H24N4O3S. The summed E-state index contributed by atoms with van der Waals surface area (Å²) in [6.45, 7) is 3.68. The van der Waals surface area contributed by atoms with Crippen LogP contribution in [0.5, 0.6) is 0 Å². The smallest absolute Gasteiger partial charge is 0.274 e. The molecule has 1 unspecified atom stereocenters. The lowest BCUT2D eigenvalue weighted by atomic mass is 10.2. The van der Waals surface area contributed by atoms with Crippen LogP contribution in [0.2, 0.25) is 0 Å². The van der Waals surface area contributed by atoms with E-state index < -0.39 is 10.0 Å². The Labute approximate surface area is 126 Å². The first kappa shape index (κ1) is 16.4. The number of furan rings is 1. The summed E-state index contributed by atoms with van der Waals surface area (Å²) in [5.74, 6) is 0.604. The van der Waals surface area contributed by atoms with Crippen molar-refractivity contribution in [3.05, 3.63) is 17.9 Å². The van der Waals surface area contributed by atoms with Crippen molar-refractivity contribution >= 4 is 10.0 Å². The Balaban J connectivity index is 1.96. The Morgan fingerprint density at radius 3 is 2.81 bits per heavy atom. The molecule has 0 amide bonds. The van der Waals surface area contributed by atoms with E-state index in [4.69, 9.17) is 4.42 Å². The molecule has 1 aromatic heterocycles. The van der Waals surface area contributed by atoms with Crippen LogP contribution in [0.3, 0.4) is 0 Å². The van der Waals surface area contributed by atoms with Gasteiger partial charge in [0.1, 0.15) is 5.76 Å². The van der Waals surface area contributed by atoms with E-state index in [1.165, 1.54) is 6.07 Å². The Morgan fingerprint density at radius 1 is 1.33 bits per heavy atom. The summed E-state index contributed by atoms with van der Waals surface area (Å²) in [7, 11) is 2.26. The van der Waals surface area contributed by atoms with Gasteiger partial charge in [-0.2, -0.15) is 0 Å². The van der Waals surface area contributed by atoms with Gasteiger partial charge in [-0.05, 0) is 33.3 Å². The quantitative estimate of drug-likeness (QED) is 0.738. The summed E-state index contributed by atoms with van der Waals surface area (Å²) in [5.41, 5.74) is 0. The number of hydrogen-bond acceptors (Lipinski definition) is 6. The normalized spacial score (nSPS) is 21.8. The average Bonchev–Trinajstić information content (AvgIpc) is 2.90. The summed E-state index contributed by atoms with van der Waals surface area (Å²) in [5, 5.41) is 2.89. The number of likely N-dealkylation sites (N-methyl/N-ethyl adjacent to an activating group) is 2. The van der Waals surface area contributed by atoms with Gasteiger partial charge in [-0.15, -0.1) is 0 Å². The molecule has 1 aromatic rings. The third-order valence-electron chi connectivity index (χ3n) is 3.74. The predicted molar refractivity (Wildman–Crippen MR) is 80.6 cm³/mol. The number of nitrogens with zero attached hydrogens (tertiary/aromatic N) is 2. The second kappa shape index (κ2) is 6.89. The van der Waals surface area contributed by atoms with Crippen LogP contribution < -0.4 is 10.0 Å². The van der Waals surface area contributed by atoms with Crippen LogP contribution in [0.1, 0.15) is 5.76 Å². The minimum absolute atomic E-state index is 0.0282. The summed E-state index contributed by atoms with van der Waals surface area (Å²) < 4.78 is 32.4. The summed E-state index contributed by atoms with van der Waals surface area (Å²) >= 11 is 0. The number of hydrogen-bond donors (Lipinski definition) is 2. The molecule has 0 radical (unpaired) electrons.